The van der Waals surface area contributed by atoms with Gasteiger partial charge in [-0.2, -0.15) is 8.78 Å². The average molecular weight is 272 g/mol. The van der Waals surface area contributed by atoms with Crippen molar-refractivity contribution in [3.05, 3.63) is 23.8 Å². The van der Waals surface area contributed by atoms with Crippen LogP contribution in [-0.4, -0.2) is 25.8 Å². The van der Waals surface area contributed by atoms with E-state index in [2.05, 4.69) is 9.73 Å². The zero-order chi connectivity index (χ0) is 13.8. The van der Waals surface area contributed by atoms with Crippen molar-refractivity contribution in [2.75, 3.05) is 13.2 Å². The number of hydrogen-bond donors (Lipinski definition) is 1. The van der Waals surface area contributed by atoms with Crippen LogP contribution in [0.2, 0.25) is 0 Å². The van der Waals surface area contributed by atoms with Crippen LogP contribution in [0.25, 0.3) is 0 Å². The van der Waals surface area contributed by atoms with Crippen molar-refractivity contribution >= 4 is 6.02 Å². The van der Waals surface area contributed by atoms with Gasteiger partial charge in [0.1, 0.15) is 6.10 Å². The molecular formula is C12H14F2N2O3. The van der Waals surface area contributed by atoms with E-state index in [9.17, 15) is 8.78 Å². The zero-order valence-corrected chi connectivity index (χ0v) is 10.3. The molecule has 19 heavy (non-hydrogen) atoms. The first-order valence-electron chi connectivity index (χ1n) is 5.78. The van der Waals surface area contributed by atoms with Crippen LogP contribution >= 0.6 is 0 Å². The quantitative estimate of drug-likeness (QED) is 0.891. The van der Waals surface area contributed by atoms with Crippen molar-refractivity contribution < 1.29 is 23.0 Å². The van der Waals surface area contributed by atoms with Gasteiger partial charge in [-0.1, -0.05) is 6.07 Å². The predicted molar refractivity (Wildman–Crippen MR) is 64.6 cm³/mol. The Morgan fingerprint density at radius 3 is 2.84 bits per heavy atom. The van der Waals surface area contributed by atoms with Gasteiger partial charge in [-0.25, -0.2) is 4.99 Å². The van der Waals surface area contributed by atoms with E-state index in [4.69, 9.17) is 15.2 Å². The van der Waals surface area contributed by atoms with Crippen LogP contribution < -0.4 is 15.2 Å². The van der Waals surface area contributed by atoms with Gasteiger partial charge in [0.25, 0.3) is 6.02 Å². The Morgan fingerprint density at radius 2 is 2.26 bits per heavy atom. The summed E-state index contributed by atoms with van der Waals surface area (Å²) >= 11 is 0. The Labute approximate surface area is 109 Å². The average Bonchev–Trinajstić information content (AvgIpc) is 2.78. The van der Waals surface area contributed by atoms with E-state index in [1.54, 1.807) is 19.1 Å². The number of halogens is 2. The van der Waals surface area contributed by atoms with Crippen molar-refractivity contribution in [2.24, 2.45) is 10.7 Å². The highest BCUT2D eigenvalue weighted by molar-refractivity contribution is 5.73. The fraction of sp³-hybridized carbons (Fsp3) is 0.417. The minimum atomic E-state index is -2.90. The molecule has 0 aliphatic carbocycles. The summed E-state index contributed by atoms with van der Waals surface area (Å²) < 4.78 is 39.5. The molecule has 0 fully saturated rings. The second-order valence-electron chi connectivity index (χ2n) is 3.80. The summed E-state index contributed by atoms with van der Waals surface area (Å²) in [6, 6.07) is 4.76. The second kappa shape index (κ2) is 5.73. The third kappa shape index (κ3) is 3.24. The number of hydrogen-bond acceptors (Lipinski definition) is 5. The van der Waals surface area contributed by atoms with Crippen LogP contribution in [0.3, 0.4) is 0 Å². The van der Waals surface area contributed by atoms with Crippen molar-refractivity contribution in [3.8, 4) is 11.5 Å². The Balaban J connectivity index is 2.20. The molecule has 104 valence electrons. The molecule has 5 nitrogen and oxygen atoms in total. The summed E-state index contributed by atoms with van der Waals surface area (Å²) in [6.07, 6.45) is -0.320. The molecule has 0 saturated heterocycles. The highest BCUT2D eigenvalue weighted by Crippen LogP contribution is 2.33. The standard InChI is InChI=1S/C12H14F2N2O3/c1-2-17-9-5-7(10-6-16-12(15)19-10)3-4-8(9)18-11(13)14/h3-5,10-11H,2,6H2,1H3,(H2,15,16). The number of nitrogens with two attached hydrogens (primary N) is 1. The van der Waals surface area contributed by atoms with Gasteiger partial charge in [-0.3, -0.25) is 0 Å². The third-order valence-electron chi connectivity index (χ3n) is 2.53. The summed E-state index contributed by atoms with van der Waals surface area (Å²) in [7, 11) is 0. The Morgan fingerprint density at radius 1 is 1.47 bits per heavy atom. The number of ether oxygens (including phenoxy) is 3. The van der Waals surface area contributed by atoms with E-state index in [0.717, 1.165) is 5.56 Å². The molecule has 1 aromatic carbocycles. The van der Waals surface area contributed by atoms with E-state index in [0.29, 0.717) is 13.2 Å². The van der Waals surface area contributed by atoms with Crippen LogP contribution in [0.15, 0.2) is 23.2 Å². The minimum Gasteiger partial charge on any atom is -0.490 e. The van der Waals surface area contributed by atoms with Crippen LogP contribution in [-0.2, 0) is 4.74 Å². The fourth-order valence-electron chi connectivity index (χ4n) is 1.75. The molecule has 7 heteroatoms. The highest BCUT2D eigenvalue weighted by Gasteiger charge is 2.22. The SMILES string of the molecule is CCOc1cc(C2CN=C(N)O2)ccc1OC(F)F. The second-order valence-corrected chi connectivity index (χ2v) is 3.80. The smallest absolute Gasteiger partial charge is 0.387 e. The summed E-state index contributed by atoms with van der Waals surface area (Å²) in [4.78, 5) is 3.92. The van der Waals surface area contributed by atoms with Crippen molar-refractivity contribution in [3.63, 3.8) is 0 Å². The molecule has 0 aromatic heterocycles. The molecule has 1 heterocycles. The summed E-state index contributed by atoms with van der Waals surface area (Å²) in [5.41, 5.74) is 6.17. The van der Waals surface area contributed by atoms with Crippen molar-refractivity contribution in [1.29, 1.82) is 0 Å². The van der Waals surface area contributed by atoms with E-state index < -0.39 is 6.61 Å². The molecule has 1 atom stereocenters. The van der Waals surface area contributed by atoms with Gasteiger partial charge in [0.05, 0.1) is 13.2 Å². The van der Waals surface area contributed by atoms with Gasteiger partial charge < -0.3 is 19.9 Å². The number of nitrogens with zero attached hydrogens (tertiary/aromatic N) is 1. The molecule has 1 aliphatic rings. The van der Waals surface area contributed by atoms with Crippen molar-refractivity contribution in [2.45, 2.75) is 19.6 Å². The van der Waals surface area contributed by atoms with Gasteiger partial charge in [0, 0.05) is 0 Å². The molecule has 1 aliphatic heterocycles. The fourth-order valence-corrected chi connectivity index (χ4v) is 1.75. The topological polar surface area (TPSA) is 66.1 Å². The number of aliphatic imine (C=N–C) groups is 1. The molecule has 1 unspecified atom stereocenters. The number of rotatable bonds is 5. The molecule has 0 amide bonds. The molecule has 2 rings (SSSR count). The number of amidine groups is 1. The van der Waals surface area contributed by atoms with Gasteiger partial charge in [-0.15, -0.1) is 0 Å². The Hall–Kier alpha value is -2.05. The predicted octanol–water partition coefficient (Wildman–Crippen LogP) is 2.07. The van der Waals surface area contributed by atoms with Crippen molar-refractivity contribution in [1.82, 2.24) is 0 Å². The lowest BCUT2D eigenvalue weighted by atomic mass is 10.1. The normalized spacial score (nSPS) is 18.1. The third-order valence-corrected chi connectivity index (χ3v) is 2.53. The molecular weight excluding hydrogens is 258 g/mol. The van der Waals surface area contributed by atoms with Gasteiger partial charge in [0.2, 0.25) is 0 Å². The van der Waals surface area contributed by atoms with Gasteiger partial charge in [0.15, 0.2) is 11.5 Å². The number of benzene rings is 1. The molecule has 0 spiro atoms. The Bertz CT molecular complexity index is 480. The number of alkyl halides is 2. The lowest BCUT2D eigenvalue weighted by Crippen LogP contribution is -2.13. The Kier molecular flexibility index (Phi) is 4.03. The maximum absolute atomic E-state index is 12.3. The first-order valence-corrected chi connectivity index (χ1v) is 5.78. The molecule has 2 N–H and O–H groups in total. The summed E-state index contributed by atoms with van der Waals surface area (Å²) in [5, 5.41) is 0. The zero-order valence-electron chi connectivity index (χ0n) is 10.3. The first kappa shape index (κ1) is 13.4. The maximum atomic E-state index is 12.3. The van der Waals surface area contributed by atoms with Crippen LogP contribution in [0.4, 0.5) is 8.78 Å². The monoisotopic (exact) mass is 272 g/mol. The van der Waals surface area contributed by atoms with E-state index in [1.165, 1.54) is 6.07 Å². The summed E-state index contributed by atoms with van der Waals surface area (Å²) in [5.74, 6) is 0.238. The summed E-state index contributed by atoms with van der Waals surface area (Å²) in [6.45, 7) is -0.405. The first-order chi connectivity index (χ1) is 9.10. The van der Waals surface area contributed by atoms with Gasteiger partial charge >= 0.3 is 6.61 Å². The molecule has 0 radical (unpaired) electrons. The maximum Gasteiger partial charge on any atom is 0.387 e. The molecule has 0 bridgehead atoms. The van der Waals surface area contributed by atoms with E-state index in [-0.39, 0.29) is 23.6 Å². The minimum absolute atomic E-state index is 0.00696. The van der Waals surface area contributed by atoms with E-state index >= 15 is 0 Å². The van der Waals surface area contributed by atoms with Crippen LogP contribution in [0, 0.1) is 0 Å². The molecule has 1 aromatic rings. The largest absolute Gasteiger partial charge is 0.490 e. The lowest BCUT2D eigenvalue weighted by Gasteiger charge is -2.15. The lowest BCUT2D eigenvalue weighted by molar-refractivity contribution is -0.0514. The van der Waals surface area contributed by atoms with Gasteiger partial charge in [-0.05, 0) is 24.6 Å². The molecule has 0 saturated carbocycles. The van der Waals surface area contributed by atoms with Crippen LogP contribution in [0.5, 0.6) is 11.5 Å². The van der Waals surface area contributed by atoms with Crippen LogP contribution in [0.1, 0.15) is 18.6 Å². The highest BCUT2D eigenvalue weighted by atomic mass is 19.3. The van der Waals surface area contributed by atoms with E-state index in [1.807, 2.05) is 0 Å².